The monoisotopic (exact) mass is 241 g/mol. The molecule has 1 aromatic carbocycles. The normalized spacial score (nSPS) is 19.0. The highest BCUT2D eigenvalue weighted by atomic mass is 16.2. The molecule has 0 bridgehead atoms. The van der Waals surface area contributed by atoms with Crippen LogP contribution in [-0.4, -0.2) is 22.8 Å². The fraction of sp³-hybridized carbons (Fsp3) is 0.154. The maximum atomic E-state index is 11.4. The molecular weight excluding hydrogens is 230 g/mol. The van der Waals surface area contributed by atoms with Crippen molar-refractivity contribution in [2.45, 2.75) is 12.5 Å². The van der Waals surface area contributed by atoms with Crippen molar-refractivity contribution in [2.24, 2.45) is 0 Å². The van der Waals surface area contributed by atoms with Gasteiger partial charge in [0.25, 0.3) is 0 Å². The molecule has 0 saturated carbocycles. The lowest BCUT2D eigenvalue weighted by atomic mass is 10.1. The summed E-state index contributed by atoms with van der Waals surface area (Å²) in [6.45, 7) is 0. The van der Waals surface area contributed by atoms with E-state index >= 15 is 0 Å². The summed E-state index contributed by atoms with van der Waals surface area (Å²) in [6, 6.07) is 8.98. The number of carbonyl (C=O) groups excluding carboxylic acids is 2. The molecule has 1 saturated heterocycles. The molecule has 0 spiro atoms. The second-order valence-corrected chi connectivity index (χ2v) is 4.22. The molecule has 0 radical (unpaired) electrons. The van der Waals surface area contributed by atoms with Gasteiger partial charge in [-0.25, -0.2) is 0 Å². The third-order valence-corrected chi connectivity index (χ3v) is 2.91. The van der Waals surface area contributed by atoms with E-state index in [-0.39, 0.29) is 18.2 Å². The molecule has 2 amide bonds. The van der Waals surface area contributed by atoms with Crippen molar-refractivity contribution in [3.8, 4) is 0 Å². The number of fused-ring (bicyclic) bond motifs is 1. The van der Waals surface area contributed by atoms with E-state index in [1.807, 2.05) is 30.3 Å². The zero-order valence-electron chi connectivity index (χ0n) is 9.51. The van der Waals surface area contributed by atoms with Gasteiger partial charge in [0.15, 0.2) is 0 Å². The van der Waals surface area contributed by atoms with Crippen molar-refractivity contribution in [1.29, 1.82) is 0 Å². The van der Waals surface area contributed by atoms with E-state index in [1.165, 1.54) is 0 Å². The van der Waals surface area contributed by atoms with Gasteiger partial charge in [-0.1, -0.05) is 6.07 Å². The standard InChI is InChI=1S/C13H11N3O2/c17-12-7-11(13(18)16-12)15-9-3-4-10-8(6-9)2-1-5-14-10/h1-6,11,15H,7H2,(H,16,17,18). The quantitative estimate of drug-likeness (QED) is 0.771. The average molecular weight is 241 g/mol. The smallest absolute Gasteiger partial charge is 0.249 e. The molecule has 2 heterocycles. The summed E-state index contributed by atoms with van der Waals surface area (Å²) in [5.41, 5.74) is 1.71. The van der Waals surface area contributed by atoms with E-state index in [9.17, 15) is 9.59 Å². The van der Waals surface area contributed by atoms with Crippen LogP contribution in [0.3, 0.4) is 0 Å². The number of anilines is 1. The lowest BCUT2D eigenvalue weighted by Gasteiger charge is -2.11. The fourth-order valence-corrected chi connectivity index (χ4v) is 2.04. The molecule has 2 N–H and O–H groups in total. The number of hydrogen-bond donors (Lipinski definition) is 2. The van der Waals surface area contributed by atoms with Gasteiger partial charge in [-0.3, -0.25) is 19.9 Å². The molecule has 1 fully saturated rings. The van der Waals surface area contributed by atoms with Crippen molar-refractivity contribution in [2.75, 3.05) is 5.32 Å². The molecule has 0 aliphatic carbocycles. The Labute approximate surface area is 103 Å². The van der Waals surface area contributed by atoms with Crippen LogP contribution in [0.25, 0.3) is 10.9 Å². The van der Waals surface area contributed by atoms with Crippen LogP contribution in [0.2, 0.25) is 0 Å². The Kier molecular flexibility index (Phi) is 2.44. The van der Waals surface area contributed by atoms with Crippen LogP contribution in [0.5, 0.6) is 0 Å². The third-order valence-electron chi connectivity index (χ3n) is 2.91. The molecule has 5 heteroatoms. The van der Waals surface area contributed by atoms with Crippen molar-refractivity contribution in [3.63, 3.8) is 0 Å². The first-order chi connectivity index (χ1) is 8.72. The summed E-state index contributed by atoms with van der Waals surface area (Å²) in [5.74, 6) is -0.508. The minimum Gasteiger partial charge on any atom is -0.373 e. The van der Waals surface area contributed by atoms with E-state index in [2.05, 4.69) is 15.6 Å². The van der Waals surface area contributed by atoms with Crippen LogP contribution in [-0.2, 0) is 9.59 Å². The highest BCUT2D eigenvalue weighted by Crippen LogP contribution is 2.19. The van der Waals surface area contributed by atoms with Crippen molar-refractivity contribution in [1.82, 2.24) is 10.3 Å². The number of carbonyl (C=O) groups is 2. The van der Waals surface area contributed by atoms with E-state index in [0.29, 0.717) is 0 Å². The van der Waals surface area contributed by atoms with E-state index in [0.717, 1.165) is 16.6 Å². The zero-order valence-corrected chi connectivity index (χ0v) is 9.51. The SMILES string of the molecule is O=C1CC(Nc2ccc3ncccc3c2)C(=O)N1. The summed E-state index contributed by atoms with van der Waals surface area (Å²) in [5, 5.41) is 6.32. The van der Waals surface area contributed by atoms with Crippen LogP contribution in [0.15, 0.2) is 36.5 Å². The highest BCUT2D eigenvalue weighted by molar-refractivity contribution is 6.06. The fourth-order valence-electron chi connectivity index (χ4n) is 2.04. The van der Waals surface area contributed by atoms with Crippen LogP contribution in [0, 0.1) is 0 Å². The number of nitrogens with zero attached hydrogens (tertiary/aromatic N) is 1. The van der Waals surface area contributed by atoms with E-state index in [1.54, 1.807) is 6.20 Å². The third kappa shape index (κ3) is 1.90. The first-order valence-electron chi connectivity index (χ1n) is 5.67. The second-order valence-electron chi connectivity index (χ2n) is 4.22. The van der Waals surface area contributed by atoms with Gasteiger partial charge < -0.3 is 5.32 Å². The summed E-state index contributed by atoms with van der Waals surface area (Å²) in [6.07, 6.45) is 1.92. The van der Waals surface area contributed by atoms with Gasteiger partial charge >= 0.3 is 0 Å². The molecule has 3 rings (SSSR count). The lowest BCUT2D eigenvalue weighted by molar-refractivity contribution is -0.124. The first-order valence-corrected chi connectivity index (χ1v) is 5.67. The number of amides is 2. The summed E-state index contributed by atoms with van der Waals surface area (Å²) >= 11 is 0. The van der Waals surface area contributed by atoms with Gasteiger partial charge in [-0.15, -0.1) is 0 Å². The van der Waals surface area contributed by atoms with Gasteiger partial charge in [-0.05, 0) is 24.3 Å². The molecule has 18 heavy (non-hydrogen) atoms. The van der Waals surface area contributed by atoms with Gasteiger partial charge in [0.2, 0.25) is 11.8 Å². The zero-order chi connectivity index (χ0) is 12.5. The Morgan fingerprint density at radius 3 is 2.94 bits per heavy atom. The molecule has 90 valence electrons. The Morgan fingerprint density at radius 1 is 1.28 bits per heavy atom. The Balaban J connectivity index is 1.87. The van der Waals surface area contributed by atoms with Crippen molar-refractivity contribution < 1.29 is 9.59 Å². The largest absolute Gasteiger partial charge is 0.373 e. The predicted octanol–water partition coefficient (Wildman–Crippen LogP) is 1.06. The topological polar surface area (TPSA) is 71.1 Å². The number of benzene rings is 1. The van der Waals surface area contributed by atoms with Crippen molar-refractivity contribution in [3.05, 3.63) is 36.5 Å². The van der Waals surface area contributed by atoms with Gasteiger partial charge in [0.05, 0.1) is 11.9 Å². The first kappa shape index (κ1) is 10.7. The maximum absolute atomic E-state index is 11.4. The molecule has 1 atom stereocenters. The molecule has 2 aromatic rings. The molecule has 5 nitrogen and oxygen atoms in total. The number of aromatic nitrogens is 1. The predicted molar refractivity (Wildman–Crippen MR) is 66.9 cm³/mol. The number of rotatable bonds is 2. The minimum absolute atomic E-state index is 0.184. The van der Waals surface area contributed by atoms with Gasteiger partial charge in [0.1, 0.15) is 6.04 Å². The average Bonchev–Trinajstić information content (AvgIpc) is 2.68. The number of hydrogen-bond acceptors (Lipinski definition) is 4. The maximum Gasteiger partial charge on any atom is 0.249 e. The molecular formula is C13H11N3O2. The Bertz CT molecular complexity index is 639. The number of imide groups is 1. The Morgan fingerprint density at radius 2 is 2.17 bits per heavy atom. The number of pyridine rings is 1. The van der Waals surface area contributed by atoms with Crippen LogP contribution < -0.4 is 10.6 Å². The van der Waals surface area contributed by atoms with Crippen LogP contribution in [0.1, 0.15) is 6.42 Å². The van der Waals surface area contributed by atoms with Crippen LogP contribution in [0.4, 0.5) is 5.69 Å². The molecule has 1 unspecified atom stereocenters. The summed E-state index contributed by atoms with van der Waals surface area (Å²) < 4.78 is 0. The van der Waals surface area contributed by atoms with Gasteiger partial charge in [0, 0.05) is 17.3 Å². The van der Waals surface area contributed by atoms with E-state index in [4.69, 9.17) is 0 Å². The van der Waals surface area contributed by atoms with E-state index < -0.39 is 6.04 Å². The lowest BCUT2D eigenvalue weighted by Crippen LogP contribution is -2.29. The molecule has 1 aliphatic heterocycles. The Hall–Kier alpha value is -2.43. The minimum atomic E-state index is -0.480. The van der Waals surface area contributed by atoms with Crippen LogP contribution >= 0.6 is 0 Å². The van der Waals surface area contributed by atoms with Gasteiger partial charge in [-0.2, -0.15) is 0 Å². The van der Waals surface area contributed by atoms with Crippen molar-refractivity contribution >= 4 is 28.4 Å². The number of nitrogens with one attached hydrogen (secondary N) is 2. The molecule has 1 aliphatic rings. The summed E-state index contributed by atoms with van der Waals surface area (Å²) in [7, 11) is 0. The highest BCUT2D eigenvalue weighted by Gasteiger charge is 2.30. The molecule has 1 aromatic heterocycles. The summed E-state index contributed by atoms with van der Waals surface area (Å²) in [4.78, 5) is 26.8. The second kappa shape index (κ2) is 4.10.